The van der Waals surface area contributed by atoms with Gasteiger partial charge in [0.2, 0.25) is 10.0 Å². The summed E-state index contributed by atoms with van der Waals surface area (Å²) < 4.78 is 32.8. The number of fused-ring (bicyclic) bond motifs is 1. The molecule has 1 N–H and O–H groups in total. The number of hydrogen-bond donors (Lipinski definition) is 1. The van der Waals surface area contributed by atoms with Crippen molar-refractivity contribution in [1.29, 1.82) is 0 Å². The van der Waals surface area contributed by atoms with Gasteiger partial charge in [-0.25, -0.2) is 8.42 Å². The van der Waals surface area contributed by atoms with Gasteiger partial charge in [0.1, 0.15) is 6.54 Å². The van der Waals surface area contributed by atoms with E-state index in [2.05, 4.69) is 4.72 Å². The Bertz CT molecular complexity index is 1170. The Labute approximate surface area is 179 Å². The summed E-state index contributed by atoms with van der Waals surface area (Å²) in [5.41, 5.74) is 2.16. The van der Waals surface area contributed by atoms with E-state index in [0.717, 1.165) is 32.6 Å². The van der Waals surface area contributed by atoms with Crippen LogP contribution in [0.4, 0.5) is 5.69 Å². The van der Waals surface area contributed by atoms with E-state index in [4.69, 9.17) is 16.3 Å². The van der Waals surface area contributed by atoms with E-state index in [9.17, 15) is 13.2 Å². The zero-order chi connectivity index (χ0) is 21.2. The number of ether oxygens (including phenoxy) is 1. The molecule has 0 atom stereocenters. The Hall–Kier alpha value is -2.16. The first kappa shape index (κ1) is 21.5. The third-order valence-corrected chi connectivity index (χ3v) is 6.23. The molecule has 0 aliphatic rings. The van der Waals surface area contributed by atoms with Crippen molar-refractivity contribution in [3.8, 4) is 0 Å². The van der Waals surface area contributed by atoms with Gasteiger partial charge in [-0.15, -0.1) is 0 Å². The molecule has 0 saturated heterocycles. The largest absolute Gasteiger partial charge is 0.465 e. The SMILES string of the molecule is CCOC(=O)Cn1c(C)c(Sc2cccc(Cl)c2)c2cc(NS(C)(=O)=O)ccc21. The number of aromatic nitrogens is 1. The first-order chi connectivity index (χ1) is 13.7. The van der Waals surface area contributed by atoms with Gasteiger partial charge in [0, 0.05) is 31.6 Å². The molecular weight excluding hydrogens is 432 g/mol. The van der Waals surface area contributed by atoms with Crippen molar-refractivity contribution in [2.75, 3.05) is 17.6 Å². The maximum Gasteiger partial charge on any atom is 0.325 e. The van der Waals surface area contributed by atoms with Crippen molar-refractivity contribution in [3.63, 3.8) is 0 Å². The summed E-state index contributed by atoms with van der Waals surface area (Å²) in [7, 11) is -3.41. The summed E-state index contributed by atoms with van der Waals surface area (Å²) in [4.78, 5) is 14.0. The van der Waals surface area contributed by atoms with Crippen LogP contribution in [0.5, 0.6) is 0 Å². The molecule has 2 aromatic carbocycles. The average Bonchev–Trinajstić information content (AvgIpc) is 2.86. The van der Waals surface area contributed by atoms with Gasteiger partial charge in [-0.2, -0.15) is 0 Å². The predicted molar refractivity (Wildman–Crippen MR) is 117 cm³/mol. The molecule has 0 radical (unpaired) electrons. The Kier molecular flexibility index (Phi) is 6.45. The summed E-state index contributed by atoms with van der Waals surface area (Å²) in [6, 6.07) is 12.7. The van der Waals surface area contributed by atoms with Crippen LogP contribution in [0, 0.1) is 6.92 Å². The van der Waals surface area contributed by atoms with Crippen molar-refractivity contribution >= 4 is 55.9 Å². The van der Waals surface area contributed by atoms with Gasteiger partial charge in [0.25, 0.3) is 0 Å². The number of sulfonamides is 1. The maximum absolute atomic E-state index is 12.1. The number of nitrogens with one attached hydrogen (secondary N) is 1. The lowest BCUT2D eigenvalue weighted by molar-refractivity contribution is -0.143. The minimum Gasteiger partial charge on any atom is -0.465 e. The molecule has 0 unspecified atom stereocenters. The van der Waals surface area contributed by atoms with Crippen LogP contribution < -0.4 is 4.72 Å². The van der Waals surface area contributed by atoms with E-state index in [-0.39, 0.29) is 12.5 Å². The highest BCUT2D eigenvalue weighted by Gasteiger charge is 2.19. The standard InChI is InChI=1S/C20H21ClN2O4S2/c1-4-27-19(24)12-23-13(2)20(28-16-7-5-6-14(21)10-16)17-11-15(8-9-18(17)23)22-29(3,25)26/h5-11,22H,4,12H2,1-3H3. The van der Waals surface area contributed by atoms with Crippen molar-refractivity contribution < 1.29 is 17.9 Å². The molecule has 0 bridgehead atoms. The van der Waals surface area contributed by atoms with Crippen LogP contribution in [0.25, 0.3) is 10.9 Å². The Morgan fingerprint density at radius 2 is 2.00 bits per heavy atom. The van der Waals surface area contributed by atoms with E-state index in [1.165, 1.54) is 11.8 Å². The molecule has 0 fully saturated rings. The van der Waals surface area contributed by atoms with Gasteiger partial charge >= 0.3 is 5.97 Å². The van der Waals surface area contributed by atoms with Crippen molar-refractivity contribution in [3.05, 3.63) is 53.2 Å². The fourth-order valence-corrected chi connectivity index (χ4v) is 4.96. The molecular formula is C20H21ClN2O4S2. The summed E-state index contributed by atoms with van der Waals surface area (Å²) in [5, 5.41) is 1.47. The molecule has 3 aromatic rings. The number of anilines is 1. The summed E-state index contributed by atoms with van der Waals surface area (Å²) >= 11 is 7.63. The van der Waals surface area contributed by atoms with E-state index < -0.39 is 10.0 Å². The predicted octanol–water partition coefficient (Wildman–Crippen LogP) is 4.69. The topological polar surface area (TPSA) is 77.4 Å². The van der Waals surface area contributed by atoms with E-state index in [1.807, 2.05) is 29.7 Å². The fraction of sp³-hybridized carbons (Fsp3) is 0.250. The van der Waals surface area contributed by atoms with Gasteiger partial charge in [-0.1, -0.05) is 29.4 Å². The van der Waals surface area contributed by atoms with E-state index in [0.29, 0.717) is 17.3 Å². The van der Waals surface area contributed by atoms with E-state index >= 15 is 0 Å². The minimum atomic E-state index is -3.41. The number of esters is 1. The summed E-state index contributed by atoms with van der Waals surface area (Å²) in [6.45, 7) is 4.08. The van der Waals surface area contributed by atoms with Gasteiger partial charge in [0.15, 0.2) is 0 Å². The second-order valence-corrected chi connectivity index (χ2v) is 9.74. The molecule has 1 heterocycles. The zero-order valence-corrected chi connectivity index (χ0v) is 18.6. The Morgan fingerprint density at radius 1 is 1.24 bits per heavy atom. The number of nitrogens with zero attached hydrogens (tertiary/aromatic N) is 1. The summed E-state index contributed by atoms with van der Waals surface area (Å²) in [5.74, 6) is -0.329. The normalized spacial score (nSPS) is 11.6. The fourth-order valence-electron chi connectivity index (χ4n) is 3.05. The number of rotatable bonds is 7. The van der Waals surface area contributed by atoms with E-state index in [1.54, 1.807) is 31.2 Å². The van der Waals surface area contributed by atoms with Crippen molar-refractivity contribution in [1.82, 2.24) is 4.57 Å². The highest BCUT2D eigenvalue weighted by molar-refractivity contribution is 7.99. The molecule has 154 valence electrons. The van der Waals surface area contributed by atoms with Gasteiger partial charge in [-0.05, 0) is 50.2 Å². The summed E-state index contributed by atoms with van der Waals surface area (Å²) in [6.07, 6.45) is 1.11. The van der Waals surface area contributed by atoms with Gasteiger partial charge in [0.05, 0.1) is 18.4 Å². The molecule has 0 aliphatic heterocycles. The molecule has 0 amide bonds. The minimum absolute atomic E-state index is 0.0745. The van der Waals surface area contributed by atoms with Gasteiger partial charge < -0.3 is 9.30 Å². The zero-order valence-electron chi connectivity index (χ0n) is 16.2. The number of hydrogen-bond acceptors (Lipinski definition) is 5. The Balaban J connectivity index is 2.13. The smallest absolute Gasteiger partial charge is 0.325 e. The monoisotopic (exact) mass is 452 g/mol. The lowest BCUT2D eigenvalue weighted by atomic mass is 10.2. The number of halogens is 1. The van der Waals surface area contributed by atoms with Crippen LogP contribution in [0.15, 0.2) is 52.3 Å². The molecule has 0 spiro atoms. The second-order valence-electron chi connectivity index (χ2n) is 6.47. The van der Waals surface area contributed by atoms with Crippen LogP contribution in [0.3, 0.4) is 0 Å². The maximum atomic E-state index is 12.1. The highest BCUT2D eigenvalue weighted by Crippen LogP contribution is 2.40. The van der Waals surface area contributed by atoms with Crippen molar-refractivity contribution in [2.24, 2.45) is 0 Å². The molecule has 6 nitrogen and oxygen atoms in total. The number of benzene rings is 2. The molecule has 9 heteroatoms. The van der Waals surface area contributed by atoms with Crippen molar-refractivity contribution in [2.45, 2.75) is 30.2 Å². The quantitative estimate of drug-likeness (QED) is 0.526. The lowest BCUT2D eigenvalue weighted by Crippen LogP contribution is -2.14. The Morgan fingerprint density at radius 3 is 2.66 bits per heavy atom. The van der Waals surface area contributed by atoms with Crippen LogP contribution in [-0.4, -0.2) is 31.8 Å². The third-order valence-electron chi connectivity index (χ3n) is 4.18. The average molecular weight is 453 g/mol. The van der Waals surface area contributed by atoms with Crippen LogP contribution in [-0.2, 0) is 26.1 Å². The molecule has 3 rings (SSSR count). The second kappa shape index (κ2) is 8.69. The number of carbonyl (C=O) groups is 1. The van der Waals surface area contributed by atoms with Gasteiger partial charge in [-0.3, -0.25) is 9.52 Å². The van der Waals surface area contributed by atoms with Crippen LogP contribution in [0.1, 0.15) is 12.6 Å². The molecule has 0 saturated carbocycles. The number of carbonyl (C=O) groups excluding carboxylic acids is 1. The molecule has 29 heavy (non-hydrogen) atoms. The first-order valence-electron chi connectivity index (χ1n) is 8.87. The lowest BCUT2D eigenvalue weighted by Gasteiger charge is -2.08. The third kappa shape index (κ3) is 5.26. The molecule has 0 aliphatic carbocycles. The highest BCUT2D eigenvalue weighted by atomic mass is 35.5. The first-order valence-corrected chi connectivity index (χ1v) is 12.0. The molecule has 1 aromatic heterocycles. The van der Waals surface area contributed by atoms with Crippen LogP contribution >= 0.6 is 23.4 Å². The van der Waals surface area contributed by atoms with Crippen LogP contribution in [0.2, 0.25) is 5.02 Å².